The lowest BCUT2D eigenvalue weighted by Crippen LogP contribution is -2.30. The lowest BCUT2D eigenvalue weighted by atomic mass is 9.99. The van der Waals surface area contributed by atoms with Crippen LogP contribution in [0, 0.1) is 11.8 Å². The van der Waals surface area contributed by atoms with Crippen LogP contribution in [0.3, 0.4) is 0 Å². The molecule has 0 aromatic heterocycles. The van der Waals surface area contributed by atoms with Crippen LogP contribution >= 0.6 is 0 Å². The van der Waals surface area contributed by atoms with Crippen molar-refractivity contribution >= 4 is 17.9 Å². The molecule has 0 amide bonds. The maximum Gasteiger partial charge on any atom is 0.306 e. The van der Waals surface area contributed by atoms with Gasteiger partial charge >= 0.3 is 17.9 Å². The molecule has 0 saturated heterocycles. The summed E-state index contributed by atoms with van der Waals surface area (Å²) in [5.41, 5.74) is 0. The van der Waals surface area contributed by atoms with Gasteiger partial charge in [0.25, 0.3) is 0 Å². The minimum atomic E-state index is -0.763. The van der Waals surface area contributed by atoms with Gasteiger partial charge in [0.05, 0.1) is 0 Å². The molecule has 6 nitrogen and oxygen atoms in total. The summed E-state index contributed by atoms with van der Waals surface area (Å²) >= 11 is 0. The predicted octanol–water partition coefficient (Wildman–Crippen LogP) is 20.4. The lowest BCUT2D eigenvalue weighted by Gasteiger charge is -2.18. The van der Waals surface area contributed by atoms with Gasteiger partial charge in [-0.2, -0.15) is 0 Å². The van der Waals surface area contributed by atoms with Crippen molar-refractivity contribution in [2.45, 2.75) is 355 Å². The van der Waals surface area contributed by atoms with Gasteiger partial charge in [-0.1, -0.05) is 311 Å². The van der Waals surface area contributed by atoms with E-state index in [0.29, 0.717) is 19.3 Å². The molecule has 0 heterocycles. The van der Waals surface area contributed by atoms with Crippen molar-refractivity contribution in [1.29, 1.82) is 0 Å². The van der Waals surface area contributed by atoms with E-state index < -0.39 is 6.10 Å². The SMILES string of the molecule is CCCCCCCCCCCCCCCCC(=O)OC[C@@H](COC(=O)CCCCCCCCCCCCCCCCCCCCC(C)CC)OC(=O)CCCCCCCCCCCCCC(C)C. The average molecular weight is 962 g/mol. The van der Waals surface area contributed by atoms with E-state index in [1.165, 1.54) is 238 Å². The zero-order valence-corrected chi connectivity index (χ0v) is 46.7. The summed E-state index contributed by atoms with van der Waals surface area (Å²) < 4.78 is 16.9. The first-order valence-corrected chi connectivity index (χ1v) is 30.8. The Balaban J connectivity index is 4.23. The van der Waals surface area contributed by atoms with E-state index in [4.69, 9.17) is 14.2 Å². The molecule has 0 N–H and O–H groups in total. The minimum Gasteiger partial charge on any atom is -0.462 e. The molecule has 0 spiro atoms. The van der Waals surface area contributed by atoms with E-state index >= 15 is 0 Å². The van der Waals surface area contributed by atoms with Crippen molar-refractivity contribution in [1.82, 2.24) is 0 Å². The molecule has 0 aliphatic rings. The zero-order chi connectivity index (χ0) is 49.6. The fourth-order valence-corrected chi connectivity index (χ4v) is 9.55. The molecule has 0 rings (SSSR count). The summed E-state index contributed by atoms with van der Waals surface area (Å²) in [4.78, 5) is 38.2. The molecule has 0 radical (unpaired) electrons. The molecule has 0 aromatic rings. The van der Waals surface area contributed by atoms with Crippen molar-refractivity contribution in [3.8, 4) is 0 Å². The summed E-state index contributed by atoms with van der Waals surface area (Å²) in [5, 5.41) is 0. The molecule has 2 atom stereocenters. The summed E-state index contributed by atoms with van der Waals surface area (Å²) in [6.07, 6.45) is 59.5. The molecule has 0 aromatic carbocycles. The minimum absolute atomic E-state index is 0.0623. The second-order valence-electron chi connectivity index (χ2n) is 22.1. The Kier molecular flexibility index (Phi) is 53.5. The Labute approximate surface area is 425 Å². The Morgan fingerprint density at radius 1 is 0.309 bits per heavy atom. The van der Waals surface area contributed by atoms with Gasteiger partial charge in [0.2, 0.25) is 0 Å². The van der Waals surface area contributed by atoms with Crippen LogP contribution in [-0.2, 0) is 28.6 Å². The highest BCUT2D eigenvalue weighted by Gasteiger charge is 2.19. The predicted molar refractivity (Wildman–Crippen MR) is 293 cm³/mol. The zero-order valence-electron chi connectivity index (χ0n) is 46.7. The normalized spacial score (nSPS) is 12.4. The van der Waals surface area contributed by atoms with Gasteiger partial charge in [0.1, 0.15) is 13.2 Å². The van der Waals surface area contributed by atoms with Gasteiger partial charge in [-0.25, -0.2) is 0 Å². The molecule has 68 heavy (non-hydrogen) atoms. The van der Waals surface area contributed by atoms with Crippen molar-refractivity contribution in [3.63, 3.8) is 0 Å². The summed E-state index contributed by atoms with van der Waals surface area (Å²) in [5.74, 6) is 0.899. The topological polar surface area (TPSA) is 78.9 Å². The number of hydrogen-bond donors (Lipinski definition) is 0. The Morgan fingerprint density at radius 2 is 0.559 bits per heavy atom. The highest BCUT2D eigenvalue weighted by molar-refractivity contribution is 5.71. The lowest BCUT2D eigenvalue weighted by molar-refractivity contribution is -0.167. The van der Waals surface area contributed by atoms with Crippen LogP contribution in [-0.4, -0.2) is 37.2 Å². The van der Waals surface area contributed by atoms with E-state index in [1.807, 2.05) is 0 Å². The number of rotatable bonds is 56. The Hall–Kier alpha value is -1.59. The van der Waals surface area contributed by atoms with Gasteiger partial charge in [0.15, 0.2) is 6.10 Å². The number of esters is 3. The average Bonchev–Trinajstić information content (AvgIpc) is 3.32. The molecule has 6 heteroatoms. The third kappa shape index (κ3) is 53.8. The molecular weight excluding hydrogens is 841 g/mol. The number of carbonyl (C=O) groups excluding carboxylic acids is 3. The maximum absolute atomic E-state index is 12.9. The first kappa shape index (κ1) is 66.4. The Morgan fingerprint density at radius 3 is 0.838 bits per heavy atom. The number of unbranched alkanes of at least 4 members (excludes halogenated alkanes) is 40. The van der Waals surface area contributed by atoms with Crippen LogP contribution < -0.4 is 0 Å². The summed E-state index contributed by atoms with van der Waals surface area (Å²) in [6, 6.07) is 0. The highest BCUT2D eigenvalue weighted by atomic mass is 16.6. The molecule has 1 unspecified atom stereocenters. The highest BCUT2D eigenvalue weighted by Crippen LogP contribution is 2.19. The number of carbonyl (C=O) groups is 3. The molecule has 0 fully saturated rings. The smallest absolute Gasteiger partial charge is 0.306 e. The Bertz CT molecular complexity index is 1040. The van der Waals surface area contributed by atoms with Crippen molar-refractivity contribution < 1.29 is 28.6 Å². The van der Waals surface area contributed by atoms with Crippen LogP contribution in [0.25, 0.3) is 0 Å². The van der Waals surface area contributed by atoms with Gasteiger partial charge in [-0.3, -0.25) is 14.4 Å². The maximum atomic E-state index is 12.9. The fourth-order valence-electron chi connectivity index (χ4n) is 9.55. The van der Waals surface area contributed by atoms with Crippen molar-refractivity contribution in [2.75, 3.05) is 13.2 Å². The molecule has 0 saturated carbocycles. The van der Waals surface area contributed by atoms with Gasteiger partial charge in [0, 0.05) is 19.3 Å². The van der Waals surface area contributed by atoms with Crippen LogP contribution in [0.15, 0.2) is 0 Å². The standard InChI is InChI=1S/C62H120O6/c1-6-8-9-10-11-12-13-14-22-27-32-37-42-47-52-60(63)66-55-59(68-62(65)54-49-44-39-34-29-24-25-30-35-40-45-50-57(3)4)56-67-61(64)53-48-43-38-33-28-23-20-18-16-15-17-19-21-26-31-36-41-46-51-58(5)7-2/h57-59H,6-56H2,1-5H3/t58?,59-/m0/s1. The van der Waals surface area contributed by atoms with Crippen LogP contribution in [0.5, 0.6) is 0 Å². The molecule has 0 bridgehead atoms. The number of hydrogen-bond acceptors (Lipinski definition) is 6. The van der Waals surface area contributed by atoms with E-state index in [-0.39, 0.29) is 31.1 Å². The third-order valence-electron chi connectivity index (χ3n) is 14.6. The van der Waals surface area contributed by atoms with Gasteiger partial charge in [-0.05, 0) is 31.1 Å². The van der Waals surface area contributed by atoms with E-state index in [0.717, 1.165) is 69.6 Å². The van der Waals surface area contributed by atoms with E-state index in [2.05, 4.69) is 34.6 Å². The van der Waals surface area contributed by atoms with Gasteiger partial charge in [-0.15, -0.1) is 0 Å². The third-order valence-corrected chi connectivity index (χ3v) is 14.6. The van der Waals surface area contributed by atoms with Crippen LogP contribution in [0.1, 0.15) is 349 Å². The summed E-state index contributed by atoms with van der Waals surface area (Å²) in [7, 11) is 0. The quantitative estimate of drug-likeness (QED) is 0.0343. The monoisotopic (exact) mass is 961 g/mol. The van der Waals surface area contributed by atoms with Crippen LogP contribution in [0.2, 0.25) is 0 Å². The van der Waals surface area contributed by atoms with Crippen molar-refractivity contribution in [3.05, 3.63) is 0 Å². The fraction of sp³-hybridized carbons (Fsp3) is 0.952. The van der Waals surface area contributed by atoms with Gasteiger partial charge < -0.3 is 14.2 Å². The summed E-state index contributed by atoms with van der Waals surface area (Å²) in [6.45, 7) is 11.5. The molecular formula is C62H120O6. The van der Waals surface area contributed by atoms with Crippen LogP contribution in [0.4, 0.5) is 0 Å². The van der Waals surface area contributed by atoms with E-state index in [1.54, 1.807) is 0 Å². The first-order chi connectivity index (χ1) is 33.3. The number of ether oxygens (including phenoxy) is 3. The molecule has 0 aliphatic heterocycles. The molecule has 0 aliphatic carbocycles. The second kappa shape index (κ2) is 54.7. The van der Waals surface area contributed by atoms with Crippen molar-refractivity contribution in [2.24, 2.45) is 11.8 Å². The largest absolute Gasteiger partial charge is 0.462 e. The second-order valence-corrected chi connectivity index (χ2v) is 22.1. The molecule has 404 valence electrons. The van der Waals surface area contributed by atoms with E-state index in [9.17, 15) is 14.4 Å². The first-order valence-electron chi connectivity index (χ1n) is 30.8.